The normalized spacial score (nSPS) is 15.4. The third-order valence-electron chi connectivity index (χ3n) is 3.42. The second-order valence-corrected chi connectivity index (χ2v) is 5.54. The zero-order valence-corrected chi connectivity index (χ0v) is 11.6. The minimum absolute atomic E-state index is 0.155. The zero-order chi connectivity index (χ0) is 12.3. The van der Waals surface area contributed by atoms with E-state index in [0.29, 0.717) is 12.2 Å². The number of amides is 1. The van der Waals surface area contributed by atoms with Crippen LogP contribution in [0.25, 0.3) is 0 Å². The minimum Gasteiger partial charge on any atom is -0.300 e. The minimum atomic E-state index is 0.155. The Morgan fingerprint density at radius 3 is 2.94 bits per heavy atom. The molecule has 17 heavy (non-hydrogen) atoms. The number of carbonyl (C=O) groups excluding carboxylic acids is 1. The van der Waals surface area contributed by atoms with Gasteiger partial charge in [0.25, 0.3) is 0 Å². The Hall–Kier alpha value is -0.900. The van der Waals surface area contributed by atoms with E-state index in [1.54, 1.807) is 18.1 Å². The van der Waals surface area contributed by atoms with E-state index in [2.05, 4.69) is 20.9 Å². The zero-order valence-electron chi connectivity index (χ0n) is 10.0. The van der Waals surface area contributed by atoms with Gasteiger partial charge in [0, 0.05) is 24.1 Å². The van der Waals surface area contributed by atoms with Crippen LogP contribution in [0, 0.1) is 5.92 Å². The molecule has 0 atom stereocenters. The molecule has 1 aliphatic rings. The quantitative estimate of drug-likeness (QED) is 0.853. The Labute approximate surface area is 110 Å². The number of pyridine rings is 1. The fraction of sp³-hybridized carbons (Fsp3) is 0.538. The van der Waals surface area contributed by atoms with Crippen LogP contribution in [0.15, 0.2) is 22.8 Å². The fourth-order valence-electron chi connectivity index (χ4n) is 1.98. The van der Waals surface area contributed by atoms with Crippen LogP contribution < -0.4 is 4.90 Å². The number of rotatable bonds is 4. The summed E-state index contributed by atoms with van der Waals surface area (Å²) >= 11 is 3.38. The molecule has 0 radical (unpaired) electrons. The van der Waals surface area contributed by atoms with Crippen molar-refractivity contribution >= 4 is 27.7 Å². The number of hydrogen-bond donors (Lipinski definition) is 0. The number of hydrogen-bond acceptors (Lipinski definition) is 2. The average Bonchev–Trinajstić information content (AvgIpc) is 2.25. The summed E-state index contributed by atoms with van der Waals surface area (Å²) in [4.78, 5) is 17.8. The van der Waals surface area contributed by atoms with Gasteiger partial charge in [0.15, 0.2) is 0 Å². The molecule has 0 aromatic carbocycles. The molecule has 1 aromatic rings. The average molecular weight is 297 g/mol. The maximum absolute atomic E-state index is 12.0. The Bertz CT molecular complexity index is 404. The summed E-state index contributed by atoms with van der Waals surface area (Å²) in [5, 5.41) is 0. The molecule has 0 spiro atoms. The van der Waals surface area contributed by atoms with Crippen molar-refractivity contribution in [3.05, 3.63) is 22.8 Å². The molecule has 2 rings (SSSR count). The lowest BCUT2D eigenvalue weighted by Gasteiger charge is -2.25. The lowest BCUT2D eigenvalue weighted by atomic mass is 9.82. The van der Waals surface area contributed by atoms with Gasteiger partial charge >= 0.3 is 0 Å². The van der Waals surface area contributed by atoms with Crippen LogP contribution in [-0.4, -0.2) is 17.9 Å². The van der Waals surface area contributed by atoms with Crippen LogP contribution in [0.2, 0.25) is 0 Å². The summed E-state index contributed by atoms with van der Waals surface area (Å²) < 4.78 is 0.946. The smallest absolute Gasteiger partial charge is 0.227 e. The summed E-state index contributed by atoms with van der Waals surface area (Å²) in [5.41, 5.74) is 0. The van der Waals surface area contributed by atoms with Crippen LogP contribution in [0.3, 0.4) is 0 Å². The Balaban J connectivity index is 1.89. The number of nitrogens with zero attached hydrogens (tertiary/aromatic N) is 2. The van der Waals surface area contributed by atoms with Crippen LogP contribution in [0.4, 0.5) is 5.82 Å². The van der Waals surface area contributed by atoms with Gasteiger partial charge in [0.1, 0.15) is 5.82 Å². The highest BCUT2D eigenvalue weighted by Gasteiger charge is 2.20. The molecule has 0 aliphatic heterocycles. The number of anilines is 1. The molecule has 4 heteroatoms. The first-order chi connectivity index (χ1) is 8.16. The van der Waals surface area contributed by atoms with E-state index in [1.165, 1.54) is 19.3 Å². The molecular weight excluding hydrogens is 280 g/mol. The van der Waals surface area contributed by atoms with Gasteiger partial charge in [-0.05, 0) is 24.5 Å². The first-order valence-corrected chi connectivity index (χ1v) is 6.84. The molecule has 3 nitrogen and oxygen atoms in total. The maximum atomic E-state index is 12.0. The van der Waals surface area contributed by atoms with Gasteiger partial charge in [-0.3, -0.25) is 9.69 Å². The van der Waals surface area contributed by atoms with Gasteiger partial charge in [-0.15, -0.1) is 0 Å². The van der Waals surface area contributed by atoms with Gasteiger partial charge in [0.2, 0.25) is 5.91 Å². The molecular formula is C13H17BrN2O. The topological polar surface area (TPSA) is 33.2 Å². The molecule has 1 aliphatic carbocycles. The monoisotopic (exact) mass is 296 g/mol. The highest BCUT2D eigenvalue weighted by atomic mass is 79.9. The molecule has 1 heterocycles. The summed E-state index contributed by atoms with van der Waals surface area (Å²) in [6.45, 7) is 0. The van der Waals surface area contributed by atoms with E-state index < -0.39 is 0 Å². The number of carbonyl (C=O) groups is 1. The fourth-order valence-corrected chi connectivity index (χ4v) is 2.30. The summed E-state index contributed by atoms with van der Waals surface area (Å²) in [6.07, 6.45) is 7.29. The second-order valence-electron chi connectivity index (χ2n) is 4.62. The van der Waals surface area contributed by atoms with E-state index in [9.17, 15) is 4.79 Å². The lowest BCUT2D eigenvalue weighted by Crippen LogP contribution is -2.27. The number of halogens is 1. The standard InChI is InChI=1S/C13H17BrN2O/c1-16(12-9-11(14)7-8-15-12)13(17)6-5-10-3-2-4-10/h7-10H,2-6H2,1H3. The van der Waals surface area contributed by atoms with Crippen molar-refractivity contribution in [2.45, 2.75) is 32.1 Å². The van der Waals surface area contributed by atoms with Crippen LogP contribution in [0.1, 0.15) is 32.1 Å². The second kappa shape index (κ2) is 5.63. The molecule has 0 saturated heterocycles. The Morgan fingerprint density at radius 1 is 1.59 bits per heavy atom. The summed E-state index contributed by atoms with van der Waals surface area (Å²) in [7, 11) is 1.79. The van der Waals surface area contributed by atoms with Crippen molar-refractivity contribution in [3.63, 3.8) is 0 Å². The molecule has 1 saturated carbocycles. The third-order valence-corrected chi connectivity index (χ3v) is 3.91. The molecule has 92 valence electrons. The highest BCUT2D eigenvalue weighted by molar-refractivity contribution is 9.10. The van der Waals surface area contributed by atoms with Crippen molar-refractivity contribution in [1.29, 1.82) is 0 Å². The molecule has 1 amide bonds. The van der Waals surface area contributed by atoms with Crippen LogP contribution in [-0.2, 0) is 4.79 Å². The predicted molar refractivity (Wildman–Crippen MR) is 71.9 cm³/mol. The Kier molecular flexibility index (Phi) is 4.15. The van der Waals surface area contributed by atoms with Gasteiger partial charge < -0.3 is 0 Å². The van der Waals surface area contributed by atoms with Crippen molar-refractivity contribution in [2.75, 3.05) is 11.9 Å². The molecule has 0 N–H and O–H groups in total. The predicted octanol–water partition coefficient (Wildman–Crippen LogP) is 3.39. The van der Waals surface area contributed by atoms with Crippen molar-refractivity contribution < 1.29 is 4.79 Å². The van der Waals surface area contributed by atoms with Gasteiger partial charge in [-0.2, -0.15) is 0 Å². The molecule has 1 fully saturated rings. The van der Waals surface area contributed by atoms with E-state index in [0.717, 1.165) is 16.8 Å². The van der Waals surface area contributed by atoms with Crippen molar-refractivity contribution in [2.24, 2.45) is 5.92 Å². The van der Waals surface area contributed by atoms with Crippen LogP contribution in [0.5, 0.6) is 0 Å². The maximum Gasteiger partial charge on any atom is 0.227 e. The molecule has 1 aromatic heterocycles. The number of aromatic nitrogens is 1. The first kappa shape index (κ1) is 12.6. The van der Waals surface area contributed by atoms with Crippen molar-refractivity contribution in [3.8, 4) is 0 Å². The Morgan fingerprint density at radius 2 is 2.35 bits per heavy atom. The summed E-state index contributed by atoms with van der Waals surface area (Å²) in [5.74, 6) is 1.64. The summed E-state index contributed by atoms with van der Waals surface area (Å²) in [6, 6.07) is 3.72. The van der Waals surface area contributed by atoms with Gasteiger partial charge in [0.05, 0.1) is 0 Å². The van der Waals surface area contributed by atoms with E-state index in [4.69, 9.17) is 0 Å². The van der Waals surface area contributed by atoms with E-state index in [-0.39, 0.29) is 5.91 Å². The molecule has 0 bridgehead atoms. The van der Waals surface area contributed by atoms with Gasteiger partial charge in [-0.25, -0.2) is 4.98 Å². The lowest BCUT2D eigenvalue weighted by molar-refractivity contribution is -0.118. The van der Waals surface area contributed by atoms with Crippen LogP contribution >= 0.6 is 15.9 Å². The largest absolute Gasteiger partial charge is 0.300 e. The SMILES string of the molecule is CN(C(=O)CCC1CCC1)c1cc(Br)ccn1. The van der Waals surface area contributed by atoms with E-state index >= 15 is 0 Å². The van der Waals surface area contributed by atoms with Crippen molar-refractivity contribution in [1.82, 2.24) is 4.98 Å². The third kappa shape index (κ3) is 3.28. The first-order valence-electron chi connectivity index (χ1n) is 6.05. The van der Waals surface area contributed by atoms with E-state index in [1.807, 2.05) is 12.1 Å². The van der Waals surface area contributed by atoms with Gasteiger partial charge in [-0.1, -0.05) is 35.2 Å². The molecule has 0 unspecified atom stereocenters. The highest BCUT2D eigenvalue weighted by Crippen LogP contribution is 2.30.